The lowest BCUT2D eigenvalue weighted by molar-refractivity contribution is -0.119. The molecule has 0 spiro atoms. The fourth-order valence-corrected chi connectivity index (χ4v) is 3.56. The number of hydrogen-bond acceptors (Lipinski definition) is 6. The van der Waals surface area contributed by atoms with Gasteiger partial charge in [-0.15, -0.1) is 10.2 Å². The van der Waals surface area contributed by atoms with Crippen molar-refractivity contribution >= 4 is 17.7 Å². The number of benzene rings is 1. The van der Waals surface area contributed by atoms with Gasteiger partial charge in [0.2, 0.25) is 5.91 Å². The van der Waals surface area contributed by atoms with Gasteiger partial charge in [0.1, 0.15) is 11.5 Å². The second kappa shape index (κ2) is 9.65. The van der Waals surface area contributed by atoms with E-state index in [4.69, 9.17) is 9.15 Å². The van der Waals surface area contributed by atoms with Crippen LogP contribution >= 0.6 is 11.8 Å². The van der Waals surface area contributed by atoms with Crippen molar-refractivity contribution in [2.75, 3.05) is 12.4 Å². The topological polar surface area (TPSA) is 82.2 Å². The van der Waals surface area contributed by atoms with Crippen LogP contribution in [0.15, 0.2) is 46.2 Å². The SMILES string of the molecule is CCOc1ccc(-n2c(SCC(=O)N[C@H](C)CC)nnc2-c2ccoc2C)cc1. The van der Waals surface area contributed by atoms with E-state index in [9.17, 15) is 4.79 Å². The van der Waals surface area contributed by atoms with Crippen LogP contribution < -0.4 is 10.1 Å². The Morgan fingerprint density at radius 2 is 2.00 bits per heavy atom. The van der Waals surface area contributed by atoms with Crippen molar-refractivity contribution in [2.45, 2.75) is 45.3 Å². The average molecular weight is 415 g/mol. The van der Waals surface area contributed by atoms with Crippen LogP contribution in [0.2, 0.25) is 0 Å². The van der Waals surface area contributed by atoms with Gasteiger partial charge in [-0.2, -0.15) is 0 Å². The molecular weight excluding hydrogens is 388 g/mol. The highest BCUT2D eigenvalue weighted by Crippen LogP contribution is 2.30. The quantitative estimate of drug-likeness (QED) is 0.527. The van der Waals surface area contributed by atoms with Gasteiger partial charge >= 0.3 is 0 Å². The van der Waals surface area contributed by atoms with Gasteiger partial charge in [0.25, 0.3) is 0 Å². The minimum atomic E-state index is -0.0216. The first-order chi connectivity index (χ1) is 14.0. The van der Waals surface area contributed by atoms with Crippen LogP contribution in [0.1, 0.15) is 33.0 Å². The molecule has 1 amide bonds. The Morgan fingerprint density at radius 3 is 2.62 bits per heavy atom. The lowest BCUT2D eigenvalue weighted by Crippen LogP contribution is -2.33. The summed E-state index contributed by atoms with van der Waals surface area (Å²) < 4.78 is 12.9. The third-order valence-corrected chi connectivity index (χ3v) is 5.42. The summed E-state index contributed by atoms with van der Waals surface area (Å²) in [6.45, 7) is 8.48. The minimum absolute atomic E-state index is 0.0216. The molecule has 7 nitrogen and oxygen atoms in total. The van der Waals surface area contributed by atoms with E-state index in [0.717, 1.165) is 29.2 Å². The Morgan fingerprint density at radius 1 is 1.24 bits per heavy atom. The highest BCUT2D eigenvalue weighted by Gasteiger charge is 2.20. The average Bonchev–Trinajstić information content (AvgIpc) is 3.32. The Kier molecular flexibility index (Phi) is 6.98. The molecule has 0 unspecified atom stereocenters. The van der Waals surface area contributed by atoms with E-state index in [2.05, 4.69) is 15.5 Å². The molecular formula is C21H26N4O3S. The molecule has 1 atom stereocenters. The van der Waals surface area contributed by atoms with Crippen molar-refractivity contribution in [1.82, 2.24) is 20.1 Å². The molecule has 29 heavy (non-hydrogen) atoms. The van der Waals surface area contributed by atoms with Crippen molar-refractivity contribution in [3.05, 3.63) is 42.4 Å². The zero-order valence-corrected chi connectivity index (χ0v) is 18.0. The molecule has 0 saturated carbocycles. The van der Waals surface area contributed by atoms with Gasteiger partial charge in [0.15, 0.2) is 11.0 Å². The maximum Gasteiger partial charge on any atom is 0.230 e. The van der Waals surface area contributed by atoms with Crippen molar-refractivity contribution < 1.29 is 13.9 Å². The molecule has 0 aliphatic heterocycles. The van der Waals surface area contributed by atoms with Crippen LogP contribution in [0.3, 0.4) is 0 Å². The molecule has 0 saturated heterocycles. The summed E-state index contributed by atoms with van der Waals surface area (Å²) in [5.74, 6) is 2.48. The van der Waals surface area contributed by atoms with Gasteiger partial charge in [-0.25, -0.2) is 0 Å². The van der Waals surface area contributed by atoms with Gasteiger partial charge < -0.3 is 14.5 Å². The monoisotopic (exact) mass is 414 g/mol. The van der Waals surface area contributed by atoms with E-state index < -0.39 is 0 Å². The number of carbonyl (C=O) groups excluding carboxylic acids is 1. The second-order valence-electron chi connectivity index (χ2n) is 6.62. The zero-order chi connectivity index (χ0) is 20.8. The summed E-state index contributed by atoms with van der Waals surface area (Å²) >= 11 is 1.36. The number of hydrogen-bond donors (Lipinski definition) is 1. The highest BCUT2D eigenvalue weighted by atomic mass is 32.2. The van der Waals surface area contributed by atoms with Crippen LogP contribution in [0.25, 0.3) is 17.1 Å². The number of aromatic nitrogens is 3. The first-order valence-electron chi connectivity index (χ1n) is 9.68. The number of ether oxygens (including phenoxy) is 1. The molecule has 1 N–H and O–H groups in total. The highest BCUT2D eigenvalue weighted by molar-refractivity contribution is 7.99. The Balaban J connectivity index is 1.91. The number of amides is 1. The molecule has 3 rings (SSSR count). The van der Waals surface area contributed by atoms with Crippen molar-refractivity contribution in [2.24, 2.45) is 0 Å². The minimum Gasteiger partial charge on any atom is -0.494 e. The van der Waals surface area contributed by atoms with Crippen molar-refractivity contribution in [3.63, 3.8) is 0 Å². The van der Waals surface area contributed by atoms with E-state index in [1.54, 1.807) is 6.26 Å². The van der Waals surface area contributed by atoms with E-state index in [-0.39, 0.29) is 17.7 Å². The van der Waals surface area contributed by atoms with Crippen molar-refractivity contribution in [3.8, 4) is 22.8 Å². The predicted molar refractivity (Wildman–Crippen MR) is 114 cm³/mol. The van der Waals surface area contributed by atoms with Crippen LogP contribution in [-0.2, 0) is 4.79 Å². The fraction of sp³-hybridized carbons (Fsp3) is 0.381. The number of rotatable bonds is 9. The molecule has 154 valence electrons. The summed E-state index contributed by atoms with van der Waals surface area (Å²) in [5, 5.41) is 12.3. The molecule has 2 aromatic heterocycles. The Hall–Kier alpha value is -2.74. The smallest absolute Gasteiger partial charge is 0.230 e. The summed E-state index contributed by atoms with van der Waals surface area (Å²) in [7, 11) is 0. The Bertz CT molecular complexity index is 949. The van der Waals surface area contributed by atoms with Crippen LogP contribution in [-0.4, -0.2) is 39.1 Å². The molecule has 0 radical (unpaired) electrons. The van der Waals surface area contributed by atoms with Gasteiger partial charge in [-0.3, -0.25) is 9.36 Å². The lowest BCUT2D eigenvalue weighted by Gasteiger charge is -2.12. The molecule has 3 aromatic rings. The van der Waals surface area contributed by atoms with E-state index in [0.29, 0.717) is 17.6 Å². The fourth-order valence-electron chi connectivity index (χ4n) is 2.79. The van der Waals surface area contributed by atoms with Crippen LogP contribution in [0, 0.1) is 6.92 Å². The normalized spacial score (nSPS) is 12.0. The van der Waals surface area contributed by atoms with Gasteiger partial charge in [-0.05, 0) is 57.5 Å². The number of aryl methyl sites for hydroxylation is 1. The third kappa shape index (κ3) is 5.00. The lowest BCUT2D eigenvalue weighted by atomic mass is 10.2. The Labute approximate surface area is 174 Å². The van der Waals surface area contributed by atoms with E-state index in [1.807, 2.05) is 62.6 Å². The van der Waals surface area contributed by atoms with Crippen LogP contribution in [0.5, 0.6) is 5.75 Å². The standard InChI is InChI=1S/C21H26N4O3S/c1-5-14(3)22-19(26)13-29-21-24-23-20(18-11-12-28-15(18)4)25(21)16-7-9-17(10-8-16)27-6-2/h7-12,14H,5-6,13H2,1-4H3,(H,22,26)/t14-/m1/s1. The first-order valence-corrected chi connectivity index (χ1v) is 10.7. The molecule has 0 aliphatic carbocycles. The number of carbonyl (C=O) groups is 1. The number of furan rings is 1. The zero-order valence-electron chi connectivity index (χ0n) is 17.1. The summed E-state index contributed by atoms with van der Waals surface area (Å²) in [6.07, 6.45) is 2.52. The van der Waals surface area contributed by atoms with Crippen LogP contribution in [0.4, 0.5) is 0 Å². The van der Waals surface area contributed by atoms with Crippen molar-refractivity contribution in [1.29, 1.82) is 0 Å². The van der Waals surface area contributed by atoms with Gasteiger partial charge in [0, 0.05) is 6.04 Å². The predicted octanol–water partition coefficient (Wildman–Crippen LogP) is 4.24. The largest absolute Gasteiger partial charge is 0.494 e. The molecule has 1 aromatic carbocycles. The maximum atomic E-state index is 12.2. The van der Waals surface area contributed by atoms with Gasteiger partial charge in [-0.1, -0.05) is 18.7 Å². The maximum absolute atomic E-state index is 12.2. The summed E-state index contributed by atoms with van der Waals surface area (Å²) in [6, 6.07) is 9.75. The van der Waals surface area contributed by atoms with E-state index >= 15 is 0 Å². The van der Waals surface area contributed by atoms with E-state index in [1.165, 1.54) is 11.8 Å². The first kappa shape index (κ1) is 21.0. The second-order valence-corrected chi connectivity index (χ2v) is 7.57. The van der Waals surface area contributed by atoms with Gasteiger partial charge in [0.05, 0.1) is 29.9 Å². The third-order valence-electron chi connectivity index (χ3n) is 4.49. The number of nitrogens with zero attached hydrogens (tertiary/aromatic N) is 3. The number of thioether (sulfide) groups is 1. The molecule has 2 heterocycles. The molecule has 8 heteroatoms. The molecule has 0 bridgehead atoms. The summed E-state index contributed by atoms with van der Waals surface area (Å²) in [5.41, 5.74) is 1.75. The summed E-state index contributed by atoms with van der Waals surface area (Å²) in [4.78, 5) is 12.2. The number of nitrogens with one attached hydrogen (secondary N) is 1. The molecule has 0 fully saturated rings. The molecule has 0 aliphatic rings.